The van der Waals surface area contributed by atoms with Crippen molar-refractivity contribution in [1.29, 1.82) is 0 Å². The van der Waals surface area contributed by atoms with Crippen LogP contribution in [-0.4, -0.2) is 41.0 Å². The molecule has 3 heterocycles. The Morgan fingerprint density at radius 1 is 1.24 bits per heavy atom. The van der Waals surface area contributed by atoms with Gasteiger partial charge in [0.05, 0.1) is 17.1 Å². The first kappa shape index (κ1) is 12.6. The van der Waals surface area contributed by atoms with Gasteiger partial charge in [-0.25, -0.2) is 0 Å². The summed E-state index contributed by atoms with van der Waals surface area (Å²) in [4.78, 5) is 2.44. The molecule has 21 heavy (non-hydrogen) atoms. The fraction of sp³-hybridized carbons (Fsp3) is 0.375. The number of rotatable bonds is 1. The minimum atomic E-state index is 0.249. The summed E-state index contributed by atoms with van der Waals surface area (Å²) in [5, 5.41) is 22.2. The molecule has 1 fully saturated rings. The van der Waals surface area contributed by atoms with E-state index in [-0.39, 0.29) is 5.75 Å². The third-order valence-electron chi connectivity index (χ3n) is 4.40. The number of anilines is 1. The summed E-state index contributed by atoms with van der Waals surface area (Å²) in [6.45, 7) is 3.04. The van der Waals surface area contributed by atoms with E-state index >= 15 is 0 Å². The van der Waals surface area contributed by atoms with E-state index < -0.39 is 0 Å². The molecule has 5 nitrogen and oxygen atoms in total. The van der Waals surface area contributed by atoms with Crippen molar-refractivity contribution in [2.24, 2.45) is 0 Å². The molecule has 0 radical (unpaired) electrons. The van der Waals surface area contributed by atoms with Gasteiger partial charge in [-0.05, 0) is 31.0 Å². The van der Waals surface area contributed by atoms with Crippen LogP contribution in [0.5, 0.6) is 5.75 Å². The van der Waals surface area contributed by atoms with Crippen LogP contribution < -0.4 is 10.2 Å². The standard InChI is InChI=1S/C16H18N4O/c21-16-4-2-1-3-12(16)14-9-15-13(18-19-14)6-5-11-10-17-7-8-20(11)15/h1-4,9,11,17,21H,5-8,10H2. The predicted octanol–water partition coefficient (Wildman–Crippen LogP) is 1.57. The first-order valence-electron chi connectivity index (χ1n) is 7.45. The molecule has 2 aromatic rings. The first-order valence-corrected chi connectivity index (χ1v) is 7.45. The van der Waals surface area contributed by atoms with Gasteiger partial charge in [0.25, 0.3) is 0 Å². The highest BCUT2D eigenvalue weighted by atomic mass is 16.3. The SMILES string of the molecule is Oc1ccccc1-c1cc2c(nn1)CCC1CNCCN21. The molecule has 1 atom stereocenters. The molecule has 2 aliphatic rings. The lowest BCUT2D eigenvalue weighted by Gasteiger charge is -2.41. The van der Waals surface area contributed by atoms with Crippen molar-refractivity contribution in [2.75, 3.05) is 24.5 Å². The van der Waals surface area contributed by atoms with E-state index in [0.29, 0.717) is 6.04 Å². The van der Waals surface area contributed by atoms with Gasteiger partial charge in [0.2, 0.25) is 0 Å². The van der Waals surface area contributed by atoms with Gasteiger partial charge in [0.1, 0.15) is 5.75 Å². The second-order valence-corrected chi connectivity index (χ2v) is 5.67. The van der Waals surface area contributed by atoms with Gasteiger partial charge in [0, 0.05) is 31.2 Å². The number of hydrogen-bond donors (Lipinski definition) is 2. The number of para-hydroxylation sites is 1. The smallest absolute Gasteiger partial charge is 0.125 e. The van der Waals surface area contributed by atoms with E-state index in [9.17, 15) is 5.11 Å². The third kappa shape index (κ3) is 2.14. The molecule has 5 heteroatoms. The average molecular weight is 282 g/mol. The van der Waals surface area contributed by atoms with Gasteiger partial charge >= 0.3 is 0 Å². The minimum Gasteiger partial charge on any atom is -0.507 e. The van der Waals surface area contributed by atoms with Gasteiger partial charge in [-0.1, -0.05) is 12.1 Å². The average Bonchev–Trinajstić information content (AvgIpc) is 2.55. The summed E-state index contributed by atoms with van der Waals surface area (Å²) in [6, 6.07) is 9.91. The van der Waals surface area contributed by atoms with Crippen LogP contribution in [0.1, 0.15) is 12.1 Å². The number of aromatic hydroxyl groups is 1. The largest absolute Gasteiger partial charge is 0.507 e. The van der Waals surface area contributed by atoms with Gasteiger partial charge in [0.15, 0.2) is 0 Å². The zero-order valence-electron chi connectivity index (χ0n) is 11.8. The number of nitrogens with one attached hydrogen (secondary N) is 1. The Morgan fingerprint density at radius 2 is 2.14 bits per heavy atom. The number of nitrogens with zero attached hydrogens (tertiary/aromatic N) is 3. The Morgan fingerprint density at radius 3 is 3.05 bits per heavy atom. The van der Waals surface area contributed by atoms with Crippen LogP contribution in [0.25, 0.3) is 11.3 Å². The molecule has 0 spiro atoms. The minimum absolute atomic E-state index is 0.249. The highest BCUT2D eigenvalue weighted by Gasteiger charge is 2.29. The van der Waals surface area contributed by atoms with Crippen molar-refractivity contribution in [2.45, 2.75) is 18.9 Å². The summed E-state index contributed by atoms with van der Waals surface area (Å²) in [6.07, 6.45) is 2.11. The molecular weight excluding hydrogens is 264 g/mol. The van der Waals surface area contributed by atoms with Crippen molar-refractivity contribution in [3.8, 4) is 17.0 Å². The Kier molecular flexibility index (Phi) is 3.00. The molecule has 0 amide bonds. The highest BCUT2D eigenvalue weighted by molar-refractivity contribution is 5.71. The number of aryl methyl sites for hydroxylation is 1. The van der Waals surface area contributed by atoms with Crippen molar-refractivity contribution >= 4 is 5.69 Å². The van der Waals surface area contributed by atoms with Crippen LogP contribution in [0, 0.1) is 0 Å². The van der Waals surface area contributed by atoms with E-state index in [1.54, 1.807) is 6.07 Å². The second-order valence-electron chi connectivity index (χ2n) is 5.67. The number of benzene rings is 1. The molecule has 0 saturated carbocycles. The third-order valence-corrected chi connectivity index (χ3v) is 4.40. The van der Waals surface area contributed by atoms with Crippen molar-refractivity contribution in [3.63, 3.8) is 0 Å². The van der Waals surface area contributed by atoms with Crippen molar-refractivity contribution < 1.29 is 5.11 Å². The molecule has 2 N–H and O–H groups in total. The Bertz CT molecular complexity index is 673. The molecule has 2 aliphatic heterocycles. The van der Waals surface area contributed by atoms with Crippen LogP contribution in [0.3, 0.4) is 0 Å². The number of piperazine rings is 1. The molecule has 1 aromatic carbocycles. The second kappa shape index (κ2) is 5.00. The zero-order chi connectivity index (χ0) is 14.2. The molecule has 1 saturated heterocycles. The molecule has 0 bridgehead atoms. The first-order chi connectivity index (χ1) is 10.3. The summed E-state index contributed by atoms with van der Waals surface area (Å²) in [5.41, 5.74) is 3.74. The van der Waals surface area contributed by atoms with E-state index in [4.69, 9.17) is 0 Å². The molecular formula is C16H18N4O. The number of phenols is 1. The normalized spacial score (nSPS) is 20.8. The van der Waals surface area contributed by atoms with Crippen LogP contribution in [0.2, 0.25) is 0 Å². The summed E-state index contributed by atoms with van der Waals surface area (Å²) >= 11 is 0. The van der Waals surface area contributed by atoms with E-state index in [1.807, 2.05) is 18.2 Å². The number of aromatic nitrogens is 2. The number of phenolic OH excluding ortho intramolecular Hbond substituents is 1. The number of hydrogen-bond acceptors (Lipinski definition) is 5. The van der Waals surface area contributed by atoms with Crippen LogP contribution in [0.4, 0.5) is 5.69 Å². The maximum absolute atomic E-state index is 10.0. The Hall–Kier alpha value is -2.14. The fourth-order valence-electron chi connectivity index (χ4n) is 3.30. The Labute approximate surface area is 123 Å². The highest BCUT2D eigenvalue weighted by Crippen LogP contribution is 2.34. The van der Waals surface area contributed by atoms with Gasteiger partial charge in [-0.15, -0.1) is 5.10 Å². The topological polar surface area (TPSA) is 61.3 Å². The molecule has 1 aromatic heterocycles. The van der Waals surface area contributed by atoms with Crippen LogP contribution in [-0.2, 0) is 6.42 Å². The van der Waals surface area contributed by atoms with Gasteiger partial charge in [-0.3, -0.25) is 0 Å². The maximum Gasteiger partial charge on any atom is 0.125 e. The fourth-order valence-corrected chi connectivity index (χ4v) is 3.30. The molecule has 0 aliphatic carbocycles. The quantitative estimate of drug-likeness (QED) is 0.831. The lowest BCUT2D eigenvalue weighted by atomic mass is 9.97. The van der Waals surface area contributed by atoms with Crippen LogP contribution >= 0.6 is 0 Å². The lowest BCUT2D eigenvalue weighted by Crippen LogP contribution is -2.53. The predicted molar refractivity (Wildman–Crippen MR) is 81.5 cm³/mol. The van der Waals surface area contributed by atoms with E-state index in [1.165, 1.54) is 5.69 Å². The summed E-state index contributed by atoms with van der Waals surface area (Å²) in [5.74, 6) is 0.249. The molecule has 108 valence electrons. The maximum atomic E-state index is 10.0. The lowest BCUT2D eigenvalue weighted by molar-refractivity contribution is 0.435. The molecule has 4 rings (SSSR count). The Balaban J connectivity index is 1.78. The molecule has 1 unspecified atom stereocenters. The summed E-state index contributed by atoms with van der Waals surface area (Å²) in [7, 11) is 0. The van der Waals surface area contributed by atoms with Crippen LogP contribution in [0.15, 0.2) is 30.3 Å². The number of fused-ring (bicyclic) bond motifs is 3. The van der Waals surface area contributed by atoms with E-state index in [0.717, 1.165) is 49.4 Å². The monoisotopic (exact) mass is 282 g/mol. The van der Waals surface area contributed by atoms with E-state index in [2.05, 4.69) is 26.5 Å². The summed E-state index contributed by atoms with van der Waals surface area (Å²) < 4.78 is 0. The van der Waals surface area contributed by atoms with Crippen molar-refractivity contribution in [1.82, 2.24) is 15.5 Å². The van der Waals surface area contributed by atoms with Gasteiger partial charge in [-0.2, -0.15) is 5.10 Å². The van der Waals surface area contributed by atoms with Gasteiger partial charge < -0.3 is 15.3 Å². The zero-order valence-corrected chi connectivity index (χ0v) is 11.8. The van der Waals surface area contributed by atoms with Crippen molar-refractivity contribution in [3.05, 3.63) is 36.0 Å².